The van der Waals surface area contributed by atoms with Gasteiger partial charge in [0.2, 0.25) is 0 Å². The van der Waals surface area contributed by atoms with Crippen molar-refractivity contribution < 1.29 is 15.0 Å². The molecule has 18 heavy (non-hydrogen) atoms. The summed E-state index contributed by atoms with van der Waals surface area (Å²) in [6.07, 6.45) is 0.421. The molecule has 0 aromatic heterocycles. The number of nitrogens with two attached hydrogens (primary N) is 1. The third-order valence-electron chi connectivity index (χ3n) is 2.34. The number of benzene rings is 1. The average molecular weight is 337 g/mol. The number of phenols is 1. The number of phenolic OH excluding ortho intramolecular Hbond substituents is 1. The summed E-state index contributed by atoms with van der Waals surface area (Å²) in [6.45, 7) is 5.53. The Hall–Kier alpha value is -1.04. The van der Waals surface area contributed by atoms with E-state index >= 15 is 0 Å². The van der Waals surface area contributed by atoms with Gasteiger partial charge in [-0.2, -0.15) is 0 Å². The van der Waals surface area contributed by atoms with Gasteiger partial charge < -0.3 is 15.9 Å². The fourth-order valence-electron chi connectivity index (χ4n) is 1.62. The van der Waals surface area contributed by atoms with Crippen LogP contribution in [0.2, 0.25) is 0 Å². The van der Waals surface area contributed by atoms with Crippen molar-refractivity contribution in [3.8, 4) is 5.75 Å². The Labute approximate surface area is 120 Å². The SMILES string of the molecule is C=C(C)C[C@@H](N)c1c(C(=O)O)ccc(Br)c1O.Cl. The highest BCUT2D eigenvalue weighted by Crippen LogP contribution is 2.35. The molecule has 4 N–H and O–H groups in total. The van der Waals surface area contributed by atoms with Crippen molar-refractivity contribution in [2.24, 2.45) is 5.73 Å². The minimum absolute atomic E-state index is 0. The Bertz CT molecular complexity index is 477. The minimum Gasteiger partial charge on any atom is -0.506 e. The van der Waals surface area contributed by atoms with E-state index in [1.165, 1.54) is 12.1 Å². The van der Waals surface area contributed by atoms with Crippen LogP contribution in [0, 0.1) is 0 Å². The largest absolute Gasteiger partial charge is 0.506 e. The zero-order valence-corrected chi connectivity index (χ0v) is 12.2. The van der Waals surface area contributed by atoms with Gasteiger partial charge >= 0.3 is 5.97 Å². The third-order valence-corrected chi connectivity index (χ3v) is 2.98. The summed E-state index contributed by atoms with van der Waals surface area (Å²) in [7, 11) is 0. The van der Waals surface area contributed by atoms with Crippen LogP contribution in [0.1, 0.15) is 35.3 Å². The molecule has 6 heteroatoms. The van der Waals surface area contributed by atoms with Crippen molar-refractivity contribution in [1.29, 1.82) is 0 Å². The zero-order valence-electron chi connectivity index (χ0n) is 9.81. The maximum absolute atomic E-state index is 11.1. The van der Waals surface area contributed by atoms with Crippen LogP contribution in [0.4, 0.5) is 0 Å². The van der Waals surface area contributed by atoms with Gasteiger partial charge in [0.1, 0.15) is 5.75 Å². The molecule has 0 saturated heterocycles. The number of carbonyl (C=O) groups is 1. The highest BCUT2D eigenvalue weighted by atomic mass is 79.9. The fourth-order valence-corrected chi connectivity index (χ4v) is 1.97. The first-order chi connectivity index (χ1) is 7.84. The number of hydrogen-bond acceptors (Lipinski definition) is 3. The molecule has 0 aliphatic rings. The molecule has 4 nitrogen and oxygen atoms in total. The number of rotatable bonds is 4. The maximum Gasteiger partial charge on any atom is 0.336 e. The maximum atomic E-state index is 11.1. The smallest absolute Gasteiger partial charge is 0.336 e. The number of carboxylic acids is 1. The third kappa shape index (κ3) is 3.73. The van der Waals surface area contributed by atoms with Crippen molar-refractivity contribution in [1.82, 2.24) is 0 Å². The molecule has 0 fully saturated rings. The first-order valence-corrected chi connectivity index (χ1v) is 5.78. The Morgan fingerprint density at radius 1 is 1.56 bits per heavy atom. The summed E-state index contributed by atoms with van der Waals surface area (Å²) < 4.78 is 0.426. The van der Waals surface area contributed by atoms with Crippen LogP contribution in [0.15, 0.2) is 28.8 Å². The van der Waals surface area contributed by atoms with Gasteiger partial charge in [0.05, 0.1) is 10.0 Å². The van der Waals surface area contributed by atoms with E-state index in [0.29, 0.717) is 10.9 Å². The Balaban J connectivity index is 0.00000289. The van der Waals surface area contributed by atoms with Crippen LogP contribution in [0.25, 0.3) is 0 Å². The molecule has 1 rings (SSSR count). The van der Waals surface area contributed by atoms with Crippen LogP contribution in [-0.4, -0.2) is 16.2 Å². The number of aromatic carboxylic acids is 1. The second-order valence-electron chi connectivity index (χ2n) is 3.93. The summed E-state index contributed by atoms with van der Waals surface area (Å²) in [5, 5.41) is 19.0. The van der Waals surface area contributed by atoms with Gasteiger partial charge in [-0.1, -0.05) is 5.57 Å². The molecule has 0 bridgehead atoms. The first-order valence-electron chi connectivity index (χ1n) is 4.99. The van der Waals surface area contributed by atoms with E-state index in [1.54, 1.807) is 6.92 Å². The number of carboxylic acid groups (broad SMARTS) is 1. The summed E-state index contributed by atoms with van der Waals surface area (Å²) >= 11 is 3.14. The van der Waals surface area contributed by atoms with E-state index < -0.39 is 12.0 Å². The highest BCUT2D eigenvalue weighted by molar-refractivity contribution is 9.10. The van der Waals surface area contributed by atoms with E-state index in [1.807, 2.05) is 0 Å². The van der Waals surface area contributed by atoms with Gasteiger partial charge in [-0.3, -0.25) is 0 Å². The van der Waals surface area contributed by atoms with E-state index in [4.69, 9.17) is 10.8 Å². The summed E-state index contributed by atoms with van der Waals surface area (Å²) in [5.41, 5.74) is 6.97. The minimum atomic E-state index is -1.11. The lowest BCUT2D eigenvalue weighted by Crippen LogP contribution is -2.15. The lowest BCUT2D eigenvalue weighted by molar-refractivity contribution is 0.0694. The number of hydrogen-bond donors (Lipinski definition) is 3. The van der Waals surface area contributed by atoms with E-state index in [2.05, 4.69) is 22.5 Å². The quantitative estimate of drug-likeness (QED) is 0.737. The van der Waals surface area contributed by atoms with Crippen LogP contribution >= 0.6 is 28.3 Å². The Morgan fingerprint density at radius 3 is 2.56 bits per heavy atom. The van der Waals surface area contributed by atoms with Gasteiger partial charge in [-0.25, -0.2) is 4.79 Å². The van der Waals surface area contributed by atoms with Gasteiger partial charge in [-0.05, 0) is 41.4 Å². The second kappa shape index (κ2) is 6.78. The van der Waals surface area contributed by atoms with Gasteiger partial charge in [-0.15, -0.1) is 19.0 Å². The Morgan fingerprint density at radius 2 is 2.11 bits per heavy atom. The molecule has 0 amide bonds. The van der Waals surface area contributed by atoms with Gasteiger partial charge in [0.25, 0.3) is 0 Å². The fraction of sp³-hybridized carbons (Fsp3) is 0.250. The lowest BCUT2D eigenvalue weighted by atomic mass is 9.95. The molecular formula is C12H15BrClNO3. The van der Waals surface area contributed by atoms with E-state index in [0.717, 1.165) is 5.57 Å². The topological polar surface area (TPSA) is 83.6 Å². The van der Waals surface area contributed by atoms with Crippen molar-refractivity contribution in [2.45, 2.75) is 19.4 Å². The summed E-state index contributed by atoms with van der Waals surface area (Å²) in [4.78, 5) is 11.1. The van der Waals surface area contributed by atoms with Crippen molar-refractivity contribution in [3.05, 3.63) is 39.9 Å². The summed E-state index contributed by atoms with van der Waals surface area (Å²) in [5.74, 6) is -1.24. The highest BCUT2D eigenvalue weighted by Gasteiger charge is 2.21. The molecule has 0 unspecified atom stereocenters. The Kier molecular flexibility index (Phi) is 6.38. The number of aromatic hydroxyl groups is 1. The van der Waals surface area contributed by atoms with E-state index in [-0.39, 0.29) is 29.3 Å². The van der Waals surface area contributed by atoms with Gasteiger partial charge in [0.15, 0.2) is 0 Å². The predicted molar refractivity (Wildman–Crippen MR) is 76.4 cm³/mol. The molecule has 0 aliphatic heterocycles. The summed E-state index contributed by atoms with van der Waals surface area (Å²) in [6, 6.07) is 2.31. The van der Waals surface area contributed by atoms with Crippen molar-refractivity contribution in [3.63, 3.8) is 0 Å². The molecule has 0 heterocycles. The monoisotopic (exact) mass is 335 g/mol. The zero-order chi connectivity index (χ0) is 13.2. The average Bonchev–Trinajstić information content (AvgIpc) is 2.20. The normalized spacial score (nSPS) is 11.5. The van der Waals surface area contributed by atoms with Crippen molar-refractivity contribution in [2.75, 3.05) is 0 Å². The lowest BCUT2D eigenvalue weighted by Gasteiger charge is -2.17. The predicted octanol–water partition coefficient (Wildman–Crippen LogP) is 3.24. The standard InChI is InChI=1S/C12H14BrNO3.ClH/c1-6(2)5-9(14)10-7(12(16)17)3-4-8(13)11(10)15;/h3-4,9,15H,1,5,14H2,2H3,(H,16,17);1H/t9-;/m1./s1. The molecule has 0 aliphatic carbocycles. The van der Waals surface area contributed by atoms with Gasteiger partial charge in [0, 0.05) is 11.6 Å². The molecule has 1 aromatic rings. The molecule has 0 spiro atoms. The molecule has 1 aromatic carbocycles. The molecule has 1 atom stereocenters. The number of halogens is 2. The molecule has 0 saturated carbocycles. The van der Waals surface area contributed by atoms with Crippen LogP contribution in [0.5, 0.6) is 5.75 Å². The van der Waals surface area contributed by atoms with Crippen molar-refractivity contribution >= 4 is 34.3 Å². The van der Waals surface area contributed by atoms with E-state index in [9.17, 15) is 9.90 Å². The van der Waals surface area contributed by atoms with Crippen LogP contribution < -0.4 is 5.73 Å². The second-order valence-corrected chi connectivity index (χ2v) is 4.78. The van der Waals surface area contributed by atoms with Crippen LogP contribution in [0.3, 0.4) is 0 Å². The molecular weight excluding hydrogens is 321 g/mol. The molecule has 0 radical (unpaired) electrons. The van der Waals surface area contributed by atoms with Crippen LogP contribution in [-0.2, 0) is 0 Å². The first kappa shape index (κ1) is 17.0. The molecule has 100 valence electrons.